The van der Waals surface area contributed by atoms with Gasteiger partial charge in [0.1, 0.15) is 47.1 Å². The highest BCUT2D eigenvalue weighted by atomic mass is 32.1. The molecular formula is C38H39F2N9O3S. The maximum atomic E-state index is 14.9. The summed E-state index contributed by atoms with van der Waals surface area (Å²) in [6, 6.07) is 21.4. The Morgan fingerprint density at radius 3 is 2.62 bits per heavy atom. The van der Waals surface area contributed by atoms with Gasteiger partial charge in [-0.15, -0.1) is 11.3 Å². The van der Waals surface area contributed by atoms with Crippen LogP contribution in [0.1, 0.15) is 29.7 Å². The first kappa shape index (κ1) is 34.8. The number of thiophene rings is 1. The van der Waals surface area contributed by atoms with Crippen LogP contribution in [0.4, 0.5) is 26.0 Å². The van der Waals surface area contributed by atoms with E-state index in [9.17, 15) is 18.7 Å². The maximum Gasteiger partial charge on any atom is 0.298 e. The van der Waals surface area contributed by atoms with Gasteiger partial charge in [0.25, 0.3) is 5.56 Å². The van der Waals surface area contributed by atoms with Crippen molar-refractivity contribution in [2.24, 2.45) is 0 Å². The Hall–Kier alpha value is -5.22. The van der Waals surface area contributed by atoms with Gasteiger partial charge in [-0.3, -0.25) is 9.36 Å². The summed E-state index contributed by atoms with van der Waals surface area (Å²) < 4.78 is 37.6. The number of aliphatic hydroxyl groups is 1. The molecule has 53 heavy (non-hydrogen) atoms. The maximum absolute atomic E-state index is 14.9. The monoisotopic (exact) mass is 739 g/mol. The molecule has 1 saturated heterocycles. The summed E-state index contributed by atoms with van der Waals surface area (Å²) in [5.74, 6) is -0.801. The van der Waals surface area contributed by atoms with Gasteiger partial charge in [0.15, 0.2) is 5.82 Å². The van der Waals surface area contributed by atoms with E-state index < -0.39 is 17.2 Å². The molecule has 3 aromatic heterocycles. The molecule has 274 valence electrons. The minimum Gasteiger partial charge on any atom is -0.490 e. The van der Waals surface area contributed by atoms with Gasteiger partial charge in [-0.25, -0.2) is 23.4 Å². The van der Waals surface area contributed by atoms with Gasteiger partial charge in [-0.2, -0.15) is 5.10 Å². The molecule has 1 atom stereocenters. The predicted molar refractivity (Wildman–Crippen MR) is 200 cm³/mol. The Balaban J connectivity index is 0.935. The van der Waals surface area contributed by atoms with Crippen molar-refractivity contribution in [1.82, 2.24) is 34.5 Å². The highest BCUT2D eigenvalue weighted by Crippen LogP contribution is 2.39. The summed E-state index contributed by atoms with van der Waals surface area (Å²) in [6.07, 6.45) is 4.81. The number of hydrogen-bond acceptors (Lipinski definition) is 11. The number of nitrogens with two attached hydrogens (primary N) is 1. The number of rotatable bonds is 11. The van der Waals surface area contributed by atoms with Crippen molar-refractivity contribution in [3.05, 3.63) is 118 Å². The highest BCUT2D eigenvalue weighted by molar-refractivity contribution is 7.18. The van der Waals surface area contributed by atoms with Crippen LogP contribution in [-0.2, 0) is 18.7 Å². The number of hydrogen-bond donors (Lipinski definition) is 3. The number of aromatic nitrogens is 5. The van der Waals surface area contributed by atoms with Gasteiger partial charge < -0.3 is 30.7 Å². The number of anilines is 3. The standard InChI is InChI=1S/C38H39F2N9O3S/c39-25-6-8-30(31(40)18-25)38(51,22-47-24-42-23-44-47)12-15-46-13-10-26(11-14-46)43-21-29-20-33-36(53-29)45-35(41)37(50)49(33)28-7-9-34-32(19-28)48(16-17-52-34)27-4-2-1-3-5-27/h1-9,18-20,23-24,26,43,51H,10-17,21-22H2,(H2,41,45). The van der Waals surface area contributed by atoms with Crippen LogP contribution in [0.3, 0.4) is 0 Å². The fourth-order valence-corrected chi connectivity index (χ4v) is 8.28. The van der Waals surface area contributed by atoms with E-state index in [-0.39, 0.29) is 35.9 Å². The van der Waals surface area contributed by atoms with Crippen molar-refractivity contribution >= 4 is 38.9 Å². The average Bonchev–Trinajstić information content (AvgIpc) is 3.83. The van der Waals surface area contributed by atoms with E-state index in [1.807, 2.05) is 42.5 Å². The molecule has 1 unspecified atom stereocenters. The molecule has 4 N–H and O–H groups in total. The number of piperidine rings is 1. The van der Waals surface area contributed by atoms with Crippen molar-refractivity contribution in [1.29, 1.82) is 0 Å². The lowest BCUT2D eigenvalue weighted by atomic mass is 9.89. The van der Waals surface area contributed by atoms with Crippen molar-refractivity contribution in [2.75, 3.05) is 43.4 Å². The molecule has 0 bridgehead atoms. The molecule has 0 aliphatic carbocycles. The largest absolute Gasteiger partial charge is 0.490 e. The van der Waals surface area contributed by atoms with Gasteiger partial charge in [0, 0.05) is 41.3 Å². The first-order chi connectivity index (χ1) is 25.7. The molecule has 0 spiro atoms. The smallest absolute Gasteiger partial charge is 0.298 e. The van der Waals surface area contributed by atoms with E-state index >= 15 is 0 Å². The lowest BCUT2D eigenvalue weighted by molar-refractivity contribution is -0.00765. The van der Waals surface area contributed by atoms with Gasteiger partial charge in [0.05, 0.1) is 30.0 Å². The SMILES string of the molecule is Nc1nc2sc(CNC3CCN(CCC(O)(Cn4cncn4)c4ccc(F)cc4F)CC3)cc2n(-c2ccc3c(c2)N(c2ccccc2)CCO3)c1=O. The number of fused-ring (bicyclic) bond motifs is 2. The van der Waals surface area contributed by atoms with Crippen molar-refractivity contribution in [3.63, 3.8) is 0 Å². The number of ether oxygens (including phenoxy) is 1. The van der Waals surface area contributed by atoms with Crippen LogP contribution in [0, 0.1) is 11.6 Å². The van der Waals surface area contributed by atoms with E-state index in [1.54, 1.807) is 4.57 Å². The van der Waals surface area contributed by atoms with E-state index in [2.05, 4.69) is 42.3 Å². The van der Waals surface area contributed by atoms with Crippen LogP contribution in [-0.4, -0.2) is 73.1 Å². The van der Waals surface area contributed by atoms with Crippen LogP contribution in [0.25, 0.3) is 16.0 Å². The Morgan fingerprint density at radius 2 is 1.85 bits per heavy atom. The molecule has 5 heterocycles. The number of nitrogen functional groups attached to an aromatic ring is 1. The zero-order valence-electron chi connectivity index (χ0n) is 28.9. The van der Waals surface area contributed by atoms with Gasteiger partial charge in [0.2, 0.25) is 0 Å². The fourth-order valence-electron chi connectivity index (χ4n) is 7.30. The summed E-state index contributed by atoms with van der Waals surface area (Å²) in [6.45, 7) is 3.92. The summed E-state index contributed by atoms with van der Waals surface area (Å²) in [4.78, 5) is 28.0. The van der Waals surface area contributed by atoms with Gasteiger partial charge >= 0.3 is 0 Å². The number of nitrogens with zero attached hydrogens (tertiary/aromatic N) is 7. The molecule has 3 aromatic carbocycles. The van der Waals surface area contributed by atoms with E-state index in [0.717, 1.165) is 60.1 Å². The number of benzene rings is 3. The number of likely N-dealkylation sites (tertiary alicyclic amines) is 1. The minimum absolute atomic E-state index is 0.00982. The van der Waals surface area contributed by atoms with Crippen molar-refractivity contribution < 1.29 is 18.6 Å². The normalized spacial score (nSPS) is 16.4. The minimum atomic E-state index is -1.60. The highest BCUT2D eigenvalue weighted by Gasteiger charge is 2.34. The predicted octanol–water partition coefficient (Wildman–Crippen LogP) is 4.96. The van der Waals surface area contributed by atoms with Gasteiger partial charge in [-0.1, -0.05) is 24.3 Å². The molecule has 0 saturated carbocycles. The molecule has 0 amide bonds. The molecule has 6 aromatic rings. The van der Waals surface area contributed by atoms with Gasteiger partial charge in [-0.05, 0) is 74.8 Å². The second-order valence-electron chi connectivity index (χ2n) is 13.5. The summed E-state index contributed by atoms with van der Waals surface area (Å²) >= 11 is 1.50. The van der Waals surface area contributed by atoms with Crippen LogP contribution in [0.15, 0.2) is 90.2 Å². The third-order valence-corrected chi connectivity index (χ3v) is 11.1. The Kier molecular flexibility index (Phi) is 9.64. The lowest BCUT2D eigenvalue weighted by Gasteiger charge is -2.35. The number of halogens is 2. The average molecular weight is 740 g/mol. The van der Waals surface area contributed by atoms with Crippen molar-refractivity contribution in [3.8, 4) is 11.4 Å². The van der Waals surface area contributed by atoms with E-state index in [0.29, 0.717) is 42.3 Å². The quantitative estimate of drug-likeness (QED) is 0.167. The van der Waals surface area contributed by atoms with E-state index in [1.165, 1.54) is 34.7 Å². The fraction of sp³-hybridized carbons (Fsp3) is 0.316. The third kappa shape index (κ3) is 7.25. The van der Waals surface area contributed by atoms with Crippen LogP contribution >= 0.6 is 11.3 Å². The van der Waals surface area contributed by atoms with Crippen LogP contribution in [0.5, 0.6) is 5.75 Å². The van der Waals surface area contributed by atoms with E-state index in [4.69, 9.17) is 10.5 Å². The Bertz CT molecular complexity index is 2280. The second kappa shape index (κ2) is 14.7. The Morgan fingerprint density at radius 1 is 1.02 bits per heavy atom. The third-order valence-electron chi connectivity index (χ3n) is 10.1. The molecule has 0 radical (unpaired) electrons. The summed E-state index contributed by atoms with van der Waals surface area (Å²) in [7, 11) is 0. The van der Waals surface area contributed by atoms with Crippen molar-refractivity contribution in [2.45, 2.75) is 44.0 Å². The molecule has 2 aliphatic rings. The topological polar surface area (TPSA) is 140 Å². The molecule has 8 rings (SSSR count). The van der Waals surface area contributed by atoms with Crippen LogP contribution in [0.2, 0.25) is 0 Å². The number of nitrogens with one attached hydrogen (secondary N) is 1. The molecule has 1 fully saturated rings. The molecule has 12 nitrogen and oxygen atoms in total. The van der Waals surface area contributed by atoms with Crippen LogP contribution < -0.4 is 26.2 Å². The Labute approximate surface area is 308 Å². The molecule has 2 aliphatic heterocycles. The molecular weight excluding hydrogens is 701 g/mol. The second-order valence-corrected chi connectivity index (χ2v) is 14.6. The first-order valence-electron chi connectivity index (χ1n) is 17.6. The summed E-state index contributed by atoms with van der Waals surface area (Å²) in [5.41, 5.74) is 7.52. The number of para-hydroxylation sites is 1. The zero-order valence-corrected chi connectivity index (χ0v) is 29.7. The first-order valence-corrected chi connectivity index (χ1v) is 18.4. The lowest BCUT2D eigenvalue weighted by Crippen LogP contribution is -2.44. The molecule has 15 heteroatoms. The zero-order chi connectivity index (χ0) is 36.5. The summed E-state index contributed by atoms with van der Waals surface area (Å²) in [5, 5.41) is 19.5.